The van der Waals surface area contributed by atoms with Crippen molar-refractivity contribution in [1.82, 2.24) is 0 Å². The highest BCUT2D eigenvalue weighted by atomic mass is 16.6. The van der Waals surface area contributed by atoms with Crippen molar-refractivity contribution >= 4 is 18.5 Å². The van der Waals surface area contributed by atoms with Crippen LogP contribution in [-0.2, 0) is 14.3 Å². The van der Waals surface area contributed by atoms with Crippen LogP contribution in [0.3, 0.4) is 0 Å². The Kier molecular flexibility index (Phi) is 17.6. The van der Waals surface area contributed by atoms with Gasteiger partial charge in [-0.25, -0.2) is 0 Å². The highest BCUT2D eigenvalue weighted by molar-refractivity contribution is 5.67. The van der Waals surface area contributed by atoms with E-state index < -0.39 is 29.4 Å². The van der Waals surface area contributed by atoms with Gasteiger partial charge >= 0.3 is 0 Å². The number of hydrogen-bond donors (Lipinski definition) is 1. The first-order chi connectivity index (χ1) is 12.8. The van der Waals surface area contributed by atoms with E-state index in [1.807, 2.05) is 13.8 Å². The van der Waals surface area contributed by atoms with Crippen molar-refractivity contribution in [3.63, 3.8) is 0 Å². The van der Waals surface area contributed by atoms with Crippen LogP contribution in [0.5, 0.6) is 0 Å². The van der Waals surface area contributed by atoms with Crippen molar-refractivity contribution < 1.29 is 29.6 Å². The molecule has 0 bridgehead atoms. The summed E-state index contributed by atoms with van der Waals surface area (Å²) < 4.78 is 9.95. The molecule has 29 heavy (non-hydrogen) atoms. The molecule has 174 valence electrons. The molecular weight excluding hydrogens is 376 g/mol. The molecule has 0 heterocycles. The lowest BCUT2D eigenvalue weighted by Gasteiger charge is -2.30. The Bertz CT molecular complexity index is 479. The number of aliphatic hydroxyl groups is 1. The predicted octanol–water partition coefficient (Wildman–Crippen LogP) is 2.20. The minimum Gasteiger partial charge on any atom is -0.595 e. The lowest BCUT2D eigenvalue weighted by molar-refractivity contribution is -0.262. The first kappa shape index (κ1) is 31.9. The fourth-order valence-corrected chi connectivity index (χ4v) is 1.85. The van der Waals surface area contributed by atoms with Gasteiger partial charge in [0.25, 0.3) is 0 Å². The third-order valence-corrected chi connectivity index (χ3v) is 2.92. The van der Waals surface area contributed by atoms with Crippen molar-refractivity contribution in [2.24, 2.45) is 9.98 Å². The van der Waals surface area contributed by atoms with Gasteiger partial charge in [0, 0.05) is 11.2 Å². The summed E-state index contributed by atoms with van der Waals surface area (Å²) >= 11 is 0. The van der Waals surface area contributed by atoms with Crippen molar-refractivity contribution in [2.45, 2.75) is 112 Å². The van der Waals surface area contributed by atoms with Crippen LogP contribution < -0.4 is 10.2 Å². The van der Waals surface area contributed by atoms with Gasteiger partial charge in [0.15, 0.2) is 0 Å². The van der Waals surface area contributed by atoms with E-state index in [0.717, 1.165) is 12.8 Å². The topological polar surface area (TPSA) is 127 Å². The number of carbonyl (C=O) groups is 1. The Morgan fingerprint density at radius 1 is 0.931 bits per heavy atom. The number of aldehydes is 1. The minimum absolute atomic E-state index is 0. The normalized spacial score (nSPS) is 14.7. The quantitative estimate of drug-likeness (QED) is 0.366. The van der Waals surface area contributed by atoms with Crippen LogP contribution in [0, 0.1) is 0 Å². The number of rotatable bonds is 8. The van der Waals surface area contributed by atoms with Crippen LogP contribution in [0.15, 0.2) is 9.98 Å². The number of aliphatic imine (C=N–C) groups is 2. The molecule has 0 radical (unpaired) electrons. The predicted molar refractivity (Wildman–Crippen MR) is 114 cm³/mol. The molecule has 0 aromatic rings. The number of carbonyl (C=O) groups excluding carboxylic acids is 1. The summed E-state index contributed by atoms with van der Waals surface area (Å²) in [4.78, 5) is 17.9. The van der Waals surface area contributed by atoms with E-state index in [2.05, 4.69) is 9.98 Å². The first-order valence-electron chi connectivity index (χ1n) is 9.71. The second-order valence-electron chi connectivity index (χ2n) is 8.34. The van der Waals surface area contributed by atoms with Crippen LogP contribution in [0.25, 0.3) is 0 Å². The standard InChI is InChI=1S/C10H21NO3.C10H19NO3.CH4/c2*1-5-6-8(7-12)11-9(13)14-10(2,3)4;/h8,12H,5-7H2,1-4H3,(H,11,13);7-8H,5-6H2,1-4H3,(H,11,13);1H4/p-2/t2*8-;/m00./s1. The molecule has 0 amide bonds. The fourth-order valence-electron chi connectivity index (χ4n) is 1.85. The third kappa shape index (κ3) is 22.3. The van der Waals surface area contributed by atoms with E-state index in [1.54, 1.807) is 41.5 Å². The third-order valence-electron chi connectivity index (χ3n) is 2.92. The summed E-state index contributed by atoms with van der Waals surface area (Å²) in [5.74, 6) is 0. The Morgan fingerprint density at radius 2 is 1.34 bits per heavy atom. The molecule has 2 atom stereocenters. The Morgan fingerprint density at radius 3 is 1.66 bits per heavy atom. The monoisotopic (exact) mass is 418 g/mol. The molecule has 0 aliphatic heterocycles. The molecule has 0 spiro atoms. The fraction of sp³-hybridized carbons (Fsp3) is 0.857. The van der Waals surface area contributed by atoms with Crippen LogP contribution >= 0.6 is 0 Å². The van der Waals surface area contributed by atoms with Gasteiger partial charge in [0.05, 0.1) is 12.6 Å². The van der Waals surface area contributed by atoms with Crippen LogP contribution in [0.4, 0.5) is 0 Å². The minimum atomic E-state index is -0.664. The zero-order chi connectivity index (χ0) is 22.4. The van der Waals surface area contributed by atoms with Gasteiger partial charge in [-0.3, -0.25) is 9.98 Å². The Labute approximate surface area is 177 Å². The summed E-state index contributed by atoms with van der Waals surface area (Å²) in [7, 11) is 0. The molecule has 0 unspecified atom stereocenters. The first-order valence-corrected chi connectivity index (χ1v) is 9.71. The Balaban J connectivity index is -0.000000451. The van der Waals surface area contributed by atoms with Crippen molar-refractivity contribution in [2.75, 3.05) is 6.61 Å². The molecule has 8 heteroatoms. The zero-order valence-electron chi connectivity index (χ0n) is 18.7. The summed E-state index contributed by atoms with van der Waals surface area (Å²) in [5, 5.41) is 31.3. The van der Waals surface area contributed by atoms with E-state index >= 15 is 0 Å². The molecular formula is C21H42N2O6-2. The van der Waals surface area contributed by atoms with E-state index in [0.29, 0.717) is 19.1 Å². The van der Waals surface area contributed by atoms with Gasteiger partial charge in [-0.05, 0) is 12.8 Å². The zero-order valence-corrected chi connectivity index (χ0v) is 18.7. The lowest BCUT2D eigenvalue weighted by Crippen LogP contribution is -2.33. The lowest BCUT2D eigenvalue weighted by atomic mass is 10.2. The van der Waals surface area contributed by atoms with Gasteiger partial charge < -0.3 is 29.6 Å². The van der Waals surface area contributed by atoms with Gasteiger partial charge in [-0.2, -0.15) is 0 Å². The molecule has 0 saturated heterocycles. The highest BCUT2D eigenvalue weighted by Gasteiger charge is 2.08. The maximum Gasteiger partial charge on any atom is 0.146 e. The Hall–Kier alpha value is -1.83. The summed E-state index contributed by atoms with van der Waals surface area (Å²) in [6, 6.07) is -0.885. The summed E-state index contributed by atoms with van der Waals surface area (Å²) in [6.45, 7) is 14.4. The highest BCUT2D eigenvalue weighted by Crippen LogP contribution is 2.08. The number of aliphatic hydroxyl groups excluding tert-OH is 1. The number of ether oxygens (including phenoxy) is 2. The molecule has 0 aliphatic rings. The smallest absolute Gasteiger partial charge is 0.146 e. The van der Waals surface area contributed by atoms with Gasteiger partial charge in [-0.15, -0.1) is 0 Å². The van der Waals surface area contributed by atoms with Crippen molar-refractivity contribution in [3.05, 3.63) is 0 Å². The van der Waals surface area contributed by atoms with E-state index in [9.17, 15) is 15.0 Å². The number of nitrogens with zero attached hydrogens (tertiary/aromatic N) is 2. The number of hydrogen-bond acceptors (Lipinski definition) is 8. The molecule has 0 saturated carbocycles. The average molecular weight is 419 g/mol. The molecule has 1 N–H and O–H groups in total. The second kappa shape index (κ2) is 16.0. The SMILES string of the molecule is C.CCC[C@@H](C=O)N=C([O-])OC(C)(C)C.CCC[C@@H](CO)N=C([O-])OC(C)(C)C. The maximum atomic E-state index is 11.2. The van der Waals surface area contributed by atoms with Crippen LogP contribution in [0.2, 0.25) is 0 Å². The van der Waals surface area contributed by atoms with Crippen molar-refractivity contribution in [3.8, 4) is 0 Å². The average Bonchev–Trinajstić information content (AvgIpc) is 2.51. The summed E-state index contributed by atoms with van der Waals surface area (Å²) in [6.07, 6.45) is 2.41. The van der Waals surface area contributed by atoms with Gasteiger partial charge in [-0.1, -0.05) is 75.7 Å². The molecule has 0 rings (SSSR count). The van der Waals surface area contributed by atoms with Crippen LogP contribution in [0.1, 0.15) is 88.5 Å². The van der Waals surface area contributed by atoms with Gasteiger partial charge in [0.1, 0.15) is 24.5 Å². The maximum absolute atomic E-state index is 11.2. The van der Waals surface area contributed by atoms with E-state index in [1.165, 1.54) is 0 Å². The summed E-state index contributed by atoms with van der Waals surface area (Å²) in [5.41, 5.74) is -1.08. The largest absolute Gasteiger partial charge is 0.595 e. The molecule has 0 aromatic carbocycles. The molecule has 0 aliphatic carbocycles. The van der Waals surface area contributed by atoms with E-state index in [4.69, 9.17) is 14.6 Å². The van der Waals surface area contributed by atoms with E-state index in [-0.39, 0.29) is 20.1 Å². The molecule has 0 aromatic heterocycles. The van der Waals surface area contributed by atoms with Crippen molar-refractivity contribution in [1.29, 1.82) is 0 Å². The van der Waals surface area contributed by atoms with Crippen LogP contribution in [-0.4, -0.2) is 53.5 Å². The molecule has 8 nitrogen and oxygen atoms in total. The second-order valence-corrected chi connectivity index (χ2v) is 8.34. The molecule has 0 fully saturated rings. The van der Waals surface area contributed by atoms with Gasteiger partial charge in [0.2, 0.25) is 0 Å².